The van der Waals surface area contributed by atoms with Crippen molar-refractivity contribution in [2.24, 2.45) is 0 Å². The van der Waals surface area contributed by atoms with Crippen molar-refractivity contribution in [3.8, 4) is 0 Å². The first-order valence-corrected chi connectivity index (χ1v) is 3.52. The summed E-state index contributed by atoms with van der Waals surface area (Å²) >= 11 is 0. The zero-order valence-electron chi connectivity index (χ0n) is 3.89. The zero-order valence-corrected chi connectivity index (χ0v) is 4.70. The molecule has 0 aromatic rings. The summed E-state index contributed by atoms with van der Waals surface area (Å²) in [5.41, 5.74) is 0. The minimum atomic E-state index is -0.732. The smallest absolute Gasteiger partial charge is 0.0766 e. The van der Waals surface area contributed by atoms with Gasteiger partial charge in [0.15, 0.2) is 0 Å². The van der Waals surface area contributed by atoms with Crippen LogP contribution >= 0.6 is 0 Å². The Morgan fingerprint density at radius 2 is 2.57 bits per heavy atom. The summed E-state index contributed by atoms with van der Waals surface area (Å²) in [7, 11) is -0.732. The number of hydrogen-bond acceptors (Lipinski definition) is 2. The Balaban J connectivity index is 2.51. The fourth-order valence-electron chi connectivity index (χ4n) is 0.446. The molecule has 0 aliphatic carbocycles. The van der Waals surface area contributed by atoms with Gasteiger partial charge in [-0.15, -0.1) is 0 Å². The van der Waals surface area contributed by atoms with Gasteiger partial charge in [-0.3, -0.25) is 4.21 Å². The van der Waals surface area contributed by atoms with E-state index in [1.165, 1.54) is 0 Å². The number of hydrogen-bond donors (Lipinski definition) is 1. The lowest BCUT2D eigenvalue weighted by atomic mass is 10.6. The maximum Gasteiger partial charge on any atom is 0.0766 e. The second-order valence-electron chi connectivity index (χ2n) is 1.35. The third-order valence-electron chi connectivity index (χ3n) is 0.755. The van der Waals surface area contributed by atoms with E-state index in [4.69, 9.17) is 0 Å². The highest BCUT2D eigenvalue weighted by molar-refractivity contribution is 7.87. The molecule has 1 N–H and O–H groups in total. The van der Waals surface area contributed by atoms with Crippen molar-refractivity contribution in [3.05, 3.63) is 11.5 Å². The minimum Gasteiger partial charge on any atom is -0.302 e. The Kier molecular flexibility index (Phi) is 1.59. The standard InChI is InChI=1S/C4H7NOS/c6-7-3-1-2-5-4-7/h1,3,5H,2,4H2. The van der Waals surface area contributed by atoms with E-state index in [0.717, 1.165) is 6.54 Å². The van der Waals surface area contributed by atoms with Gasteiger partial charge in [0.2, 0.25) is 0 Å². The van der Waals surface area contributed by atoms with Gasteiger partial charge in [0.1, 0.15) is 0 Å². The van der Waals surface area contributed by atoms with Crippen molar-refractivity contribution in [1.29, 1.82) is 0 Å². The fourth-order valence-corrected chi connectivity index (χ4v) is 1.17. The average Bonchev–Trinajstić information content (AvgIpc) is 1.69. The van der Waals surface area contributed by atoms with Crippen molar-refractivity contribution >= 4 is 10.8 Å². The number of rotatable bonds is 0. The Morgan fingerprint density at radius 3 is 2.86 bits per heavy atom. The molecule has 1 heterocycles. The van der Waals surface area contributed by atoms with Crippen molar-refractivity contribution in [1.82, 2.24) is 5.32 Å². The monoisotopic (exact) mass is 117 g/mol. The van der Waals surface area contributed by atoms with Gasteiger partial charge >= 0.3 is 0 Å². The molecule has 2 nitrogen and oxygen atoms in total. The van der Waals surface area contributed by atoms with Gasteiger partial charge in [-0.1, -0.05) is 6.08 Å². The van der Waals surface area contributed by atoms with Gasteiger partial charge in [0.05, 0.1) is 16.7 Å². The molecule has 1 aliphatic rings. The van der Waals surface area contributed by atoms with Crippen molar-refractivity contribution < 1.29 is 4.21 Å². The SMILES string of the molecule is O=S1C=CCNC1. The lowest BCUT2D eigenvalue weighted by molar-refractivity contribution is 0.680. The van der Waals surface area contributed by atoms with E-state index in [2.05, 4.69) is 5.32 Å². The Labute approximate surface area is 45.1 Å². The van der Waals surface area contributed by atoms with E-state index in [0.29, 0.717) is 5.88 Å². The second kappa shape index (κ2) is 2.23. The van der Waals surface area contributed by atoms with E-state index < -0.39 is 10.8 Å². The summed E-state index contributed by atoms with van der Waals surface area (Å²) in [6.07, 6.45) is 1.87. The molecular weight excluding hydrogens is 110 g/mol. The van der Waals surface area contributed by atoms with Crippen LogP contribution in [0.5, 0.6) is 0 Å². The van der Waals surface area contributed by atoms with Crippen LogP contribution in [-0.4, -0.2) is 16.6 Å². The highest BCUT2D eigenvalue weighted by Gasteiger charge is 1.94. The molecule has 7 heavy (non-hydrogen) atoms. The van der Waals surface area contributed by atoms with Crippen LogP contribution < -0.4 is 5.32 Å². The van der Waals surface area contributed by atoms with Crippen molar-refractivity contribution in [2.75, 3.05) is 12.4 Å². The maximum absolute atomic E-state index is 10.4. The average molecular weight is 117 g/mol. The molecule has 0 aromatic heterocycles. The zero-order chi connectivity index (χ0) is 5.11. The summed E-state index contributed by atoms with van der Waals surface area (Å²) in [6, 6.07) is 0. The van der Waals surface area contributed by atoms with E-state index in [-0.39, 0.29) is 0 Å². The van der Waals surface area contributed by atoms with Crippen LogP contribution in [0.2, 0.25) is 0 Å². The molecular formula is C4H7NOS. The molecule has 0 saturated heterocycles. The second-order valence-corrected chi connectivity index (χ2v) is 2.67. The maximum atomic E-state index is 10.4. The van der Waals surface area contributed by atoms with Crippen LogP contribution in [0.1, 0.15) is 0 Å². The van der Waals surface area contributed by atoms with Crippen molar-refractivity contribution in [2.45, 2.75) is 0 Å². The van der Waals surface area contributed by atoms with Crippen molar-refractivity contribution in [3.63, 3.8) is 0 Å². The Morgan fingerprint density at radius 1 is 1.71 bits per heavy atom. The van der Waals surface area contributed by atoms with Crippen LogP contribution in [0.4, 0.5) is 0 Å². The molecule has 0 fully saturated rings. The quantitative estimate of drug-likeness (QED) is 0.476. The molecule has 0 bridgehead atoms. The van der Waals surface area contributed by atoms with Gasteiger partial charge in [-0.2, -0.15) is 0 Å². The van der Waals surface area contributed by atoms with Gasteiger partial charge in [0, 0.05) is 12.0 Å². The largest absolute Gasteiger partial charge is 0.302 e. The molecule has 3 heteroatoms. The normalized spacial score (nSPS) is 30.6. The molecule has 1 atom stereocenters. The summed E-state index contributed by atoms with van der Waals surface area (Å²) in [5.74, 6) is 0.622. The summed E-state index contributed by atoms with van der Waals surface area (Å²) in [6.45, 7) is 0.867. The van der Waals surface area contributed by atoms with Crippen LogP contribution in [0, 0.1) is 0 Å². The first-order valence-electron chi connectivity index (χ1n) is 2.14. The highest BCUT2D eigenvalue weighted by atomic mass is 32.2. The van der Waals surface area contributed by atoms with Crippen LogP contribution in [0.15, 0.2) is 11.5 Å². The molecule has 0 saturated carbocycles. The Hall–Kier alpha value is -0.150. The van der Waals surface area contributed by atoms with Gasteiger partial charge in [-0.05, 0) is 0 Å². The molecule has 0 aromatic carbocycles. The first kappa shape index (κ1) is 5.00. The third-order valence-corrected chi connectivity index (χ3v) is 1.74. The molecule has 0 radical (unpaired) electrons. The fraction of sp³-hybridized carbons (Fsp3) is 0.500. The predicted molar refractivity (Wildman–Crippen MR) is 30.2 cm³/mol. The molecule has 0 amide bonds. The topological polar surface area (TPSA) is 29.1 Å². The van der Waals surface area contributed by atoms with E-state index in [9.17, 15) is 4.21 Å². The molecule has 0 spiro atoms. The minimum absolute atomic E-state index is 0.622. The Bertz CT molecular complexity index is 110. The van der Waals surface area contributed by atoms with E-state index in [1.54, 1.807) is 5.41 Å². The van der Waals surface area contributed by atoms with E-state index in [1.807, 2.05) is 6.08 Å². The van der Waals surface area contributed by atoms with Crippen LogP contribution in [0.25, 0.3) is 0 Å². The van der Waals surface area contributed by atoms with Gasteiger partial charge in [0.25, 0.3) is 0 Å². The van der Waals surface area contributed by atoms with Crippen LogP contribution in [0.3, 0.4) is 0 Å². The molecule has 1 rings (SSSR count). The summed E-state index contributed by atoms with van der Waals surface area (Å²) < 4.78 is 10.4. The van der Waals surface area contributed by atoms with Gasteiger partial charge < -0.3 is 5.32 Å². The lowest BCUT2D eigenvalue weighted by Gasteiger charge is -2.01. The molecule has 1 aliphatic heterocycles. The third kappa shape index (κ3) is 1.41. The molecule has 1 unspecified atom stereocenters. The van der Waals surface area contributed by atoms with Crippen LogP contribution in [-0.2, 0) is 10.8 Å². The summed E-state index contributed by atoms with van der Waals surface area (Å²) in [4.78, 5) is 0. The molecule has 40 valence electrons. The number of nitrogens with one attached hydrogen (secondary N) is 1. The predicted octanol–water partition coefficient (Wildman–Crippen LogP) is -0.191. The summed E-state index contributed by atoms with van der Waals surface area (Å²) in [5, 5.41) is 4.67. The van der Waals surface area contributed by atoms with E-state index >= 15 is 0 Å². The van der Waals surface area contributed by atoms with Gasteiger partial charge in [-0.25, -0.2) is 0 Å². The lowest BCUT2D eigenvalue weighted by Crippen LogP contribution is -2.21. The first-order chi connectivity index (χ1) is 3.39. The highest BCUT2D eigenvalue weighted by Crippen LogP contribution is 1.86.